The second kappa shape index (κ2) is 7.72. The highest BCUT2D eigenvalue weighted by Gasteiger charge is 2.31. The fourth-order valence-corrected chi connectivity index (χ4v) is 4.02. The zero-order valence-corrected chi connectivity index (χ0v) is 18.6. The zero-order valence-electron chi connectivity index (χ0n) is 18.6. The fraction of sp³-hybridized carbons (Fsp3) is 0.375. The lowest BCUT2D eigenvalue weighted by Crippen LogP contribution is -2.32. The van der Waals surface area contributed by atoms with Gasteiger partial charge in [0.1, 0.15) is 40.1 Å². The van der Waals surface area contributed by atoms with Crippen molar-refractivity contribution in [1.29, 1.82) is 0 Å². The molecule has 7 nitrogen and oxygen atoms in total. The lowest BCUT2D eigenvalue weighted by atomic mass is 9.92. The van der Waals surface area contributed by atoms with Crippen LogP contribution < -0.4 is 29.1 Å². The van der Waals surface area contributed by atoms with E-state index >= 15 is 0 Å². The van der Waals surface area contributed by atoms with E-state index in [1.54, 1.807) is 32.4 Å². The van der Waals surface area contributed by atoms with Crippen molar-refractivity contribution in [3.05, 3.63) is 40.2 Å². The van der Waals surface area contributed by atoms with E-state index in [0.717, 1.165) is 18.4 Å². The van der Waals surface area contributed by atoms with E-state index in [1.165, 1.54) is 20.5 Å². The topological polar surface area (TPSA) is 76.4 Å². The molecule has 1 aliphatic heterocycles. The second-order valence-corrected chi connectivity index (χ2v) is 8.01. The van der Waals surface area contributed by atoms with Gasteiger partial charge in [0, 0.05) is 23.3 Å². The van der Waals surface area contributed by atoms with Crippen molar-refractivity contribution in [2.24, 2.45) is 0 Å². The Balaban J connectivity index is 1.99. The van der Waals surface area contributed by atoms with Crippen molar-refractivity contribution >= 4 is 11.0 Å². The zero-order chi connectivity index (χ0) is 22.3. The summed E-state index contributed by atoms with van der Waals surface area (Å²) in [5.41, 5.74) is 1.63. The molecule has 0 saturated heterocycles. The quantitative estimate of drug-likeness (QED) is 0.590. The van der Waals surface area contributed by atoms with Crippen LogP contribution in [-0.2, 0) is 6.42 Å². The summed E-state index contributed by atoms with van der Waals surface area (Å²) in [6.45, 7) is 4.07. The van der Waals surface area contributed by atoms with Crippen molar-refractivity contribution < 1.29 is 28.1 Å². The summed E-state index contributed by atoms with van der Waals surface area (Å²) in [5.74, 6) is 2.61. The molecule has 0 atom stereocenters. The Morgan fingerprint density at radius 1 is 0.871 bits per heavy atom. The number of hydrogen-bond acceptors (Lipinski definition) is 7. The molecule has 2 aromatic carbocycles. The molecular weight excluding hydrogens is 400 g/mol. The predicted octanol–water partition coefficient (Wildman–Crippen LogP) is 4.60. The molecule has 1 aliphatic rings. The van der Waals surface area contributed by atoms with Gasteiger partial charge < -0.3 is 28.1 Å². The molecule has 0 spiro atoms. The largest absolute Gasteiger partial charge is 0.496 e. The van der Waals surface area contributed by atoms with Gasteiger partial charge in [-0.05, 0) is 32.8 Å². The van der Waals surface area contributed by atoms with Crippen LogP contribution in [0.4, 0.5) is 0 Å². The van der Waals surface area contributed by atoms with Gasteiger partial charge in [-0.25, -0.2) is 0 Å². The van der Waals surface area contributed by atoms with Crippen LogP contribution in [0.5, 0.6) is 28.7 Å². The molecule has 0 bridgehead atoms. The van der Waals surface area contributed by atoms with E-state index in [0.29, 0.717) is 50.8 Å². The van der Waals surface area contributed by atoms with E-state index in [9.17, 15) is 4.79 Å². The Labute approximate surface area is 180 Å². The van der Waals surface area contributed by atoms with Crippen molar-refractivity contribution in [2.45, 2.75) is 32.3 Å². The number of benzene rings is 2. The Kier molecular flexibility index (Phi) is 5.21. The molecule has 0 N–H and O–H groups in total. The summed E-state index contributed by atoms with van der Waals surface area (Å²) in [5, 5.41) is 0.374. The van der Waals surface area contributed by atoms with E-state index < -0.39 is 0 Å². The van der Waals surface area contributed by atoms with Crippen LogP contribution in [0, 0.1) is 0 Å². The first kappa shape index (κ1) is 20.9. The van der Waals surface area contributed by atoms with Crippen molar-refractivity contribution in [3.63, 3.8) is 0 Å². The third kappa shape index (κ3) is 3.44. The Hall–Kier alpha value is -3.35. The highest BCUT2D eigenvalue weighted by atomic mass is 16.5. The highest BCUT2D eigenvalue weighted by Crippen LogP contribution is 2.44. The van der Waals surface area contributed by atoms with E-state index in [4.69, 9.17) is 28.1 Å². The predicted molar refractivity (Wildman–Crippen MR) is 117 cm³/mol. The maximum Gasteiger partial charge on any atom is 0.204 e. The van der Waals surface area contributed by atoms with Crippen LogP contribution in [0.2, 0.25) is 0 Å². The molecule has 31 heavy (non-hydrogen) atoms. The molecule has 164 valence electrons. The summed E-state index contributed by atoms with van der Waals surface area (Å²) in [6, 6.07) is 5.15. The van der Waals surface area contributed by atoms with E-state index in [2.05, 4.69) is 0 Å². The molecule has 3 aromatic rings. The van der Waals surface area contributed by atoms with Gasteiger partial charge in [0.15, 0.2) is 11.5 Å². The first-order valence-corrected chi connectivity index (χ1v) is 9.98. The molecule has 0 fully saturated rings. The number of methoxy groups -OCH3 is 4. The summed E-state index contributed by atoms with van der Waals surface area (Å²) in [4.78, 5) is 13.6. The molecule has 4 rings (SSSR count). The van der Waals surface area contributed by atoms with Crippen LogP contribution >= 0.6 is 0 Å². The van der Waals surface area contributed by atoms with Gasteiger partial charge in [-0.15, -0.1) is 0 Å². The van der Waals surface area contributed by atoms with Crippen LogP contribution in [0.1, 0.15) is 25.8 Å². The van der Waals surface area contributed by atoms with Gasteiger partial charge in [-0.3, -0.25) is 4.79 Å². The Bertz CT molecular complexity index is 1210. The van der Waals surface area contributed by atoms with Crippen LogP contribution in [-0.4, -0.2) is 34.0 Å². The molecule has 0 unspecified atom stereocenters. The third-order valence-electron chi connectivity index (χ3n) is 5.65. The maximum atomic E-state index is 13.6. The molecule has 0 saturated carbocycles. The maximum absolute atomic E-state index is 13.6. The van der Waals surface area contributed by atoms with Crippen LogP contribution in [0.25, 0.3) is 22.1 Å². The van der Waals surface area contributed by atoms with Crippen molar-refractivity contribution in [3.8, 4) is 39.9 Å². The Morgan fingerprint density at radius 3 is 2.19 bits per heavy atom. The molecule has 2 heterocycles. The number of rotatable bonds is 5. The fourth-order valence-electron chi connectivity index (χ4n) is 4.02. The number of fused-ring (bicyclic) bond motifs is 2. The second-order valence-electron chi connectivity index (χ2n) is 8.01. The molecule has 0 radical (unpaired) electrons. The minimum Gasteiger partial charge on any atom is -0.496 e. The van der Waals surface area contributed by atoms with Gasteiger partial charge in [-0.2, -0.15) is 0 Å². The highest BCUT2D eigenvalue weighted by molar-refractivity contribution is 5.91. The molecule has 0 aliphatic carbocycles. The first-order chi connectivity index (χ1) is 14.8. The lowest BCUT2D eigenvalue weighted by Gasteiger charge is -2.33. The van der Waals surface area contributed by atoms with Crippen molar-refractivity contribution in [2.75, 3.05) is 28.4 Å². The molecular formula is C24H26O7. The van der Waals surface area contributed by atoms with E-state index in [-0.39, 0.29) is 11.0 Å². The van der Waals surface area contributed by atoms with Gasteiger partial charge >= 0.3 is 0 Å². The SMILES string of the molecule is COc1cc(OC)c(-c2coc3cc4c(c(OC)c3c2=O)CCC(C)(C)O4)cc1OC. The van der Waals surface area contributed by atoms with E-state index in [1.807, 2.05) is 13.8 Å². The number of ether oxygens (including phenoxy) is 5. The smallest absolute Gasteiger partial charge is 0.204 e. The van der Waals surface area contributed by atoms with Gasteiger partial charge in [0.2, 0.25) is 5.43 Å². The lowest BCUT2D eigenvalue weighted by molar-refractivity contribution is 0.0838. The average molecular weight is 426 g/mol. The monoisotopic (exact) mass is 426 g/mol. The normalized spacial score (nSPS) is 14.5. The third-order valence-corrected chi connectivity index (χ3v) is 5.65. The van der Waals surface area contributed by atoms with Gasteiger partial charge in [0.25, 0.3) is 0 Å². The van der Waals surface area contributed by atoms with Crippen molar-refractivity contribution in [1.82, 2.24) is 0 Å². The van der Waals surface area contributed by atoms with Crippen LogP contribution in [0.15, 0.2) is 33.7 Å². The molecule has 0 amide bonds. The standard InChI is InChI=1S/C24H26O7/c1-24(2)8-7-13-17(31-24)11-20-21(23(13)29-6)22(25)15(12-30-20)14-9-18(27-4)19(28-5)10-16(14)26-3/h9-12H,7-8H2,1-6H3. The van der Waals surface area contributed by atoms with Gasteiger partial charge in [0.05, 0.1) is 34.0 Å². The summed E-state index contributed by atoms with van der Waals surface area (Å²) < 4.78 is 34.0. The Morgan fingerprint density at radius 2 is 1.55 bits per heavy atom. The molecule has 1 aromatic heterocycles. The van der Waals surface area contributed by atoms with Crippen LogP contribution in [0.3, 0.4) is 0 Å². The number of hydrogen-bond donors (Lipinski definition) is 0. The summed E-state index contributed by atoms with van der Waals surface area (Å²) in [7, 11) is 6.16. The summed E-state index contributed by atoms with van der Waals surface area (Å²) >= 11 is 0. The minimum absolute atomic E-state index is 0.226. The summed E-state index contributed by atoms with van der Waals surface area (Å²) in [6.07, 6.45) is 2.98. The average Bonchev–Trinajstić information content (AvgIpc) is 2.76. The first-order valence-electron chi connectivity index (χ1n) is 9.98. The molecule has 7 heteroatoms. The minimum atomic E-state index is -0.293. The van der Waals surface area contributed by atoms with Gasteiger partial charge in [-0.1, -0.05) is 0 Å².